The molecule has 0 aliphatic heterocycles. The van der Waals surface area contributed by atoms with Crippen molar-refractivity contribution in [1.82, 2.24) is 0 Å². The van der Waals surface area contributed by atoms with Crippen LogP contribution in [-0.4, -0.2) is 22.4 Å². The predicted molar refractivity (Wildman–Crippen MR) is 79.7 cm³/mol. The molecule has 2 aromatic carbocycles. The molecule has 0 N–H and O–H groups in total. The highest BCUT2D eigenvalue weighted by molar-refractivity contribution is 7.85. The zero-order valence-corrected chi connectivity index (χ0v) is 12.1. The molecule has 0 heterocycles. The van der Waals surface area contributed by atoms with Crippen LogP contribution in [0.3, 0.4) is 0 Å². The molecule has 0 saturated heterocycles. The molecule has 3 nitrogen and oxygen atoms in total. The van der Waals surface area contributed by atoms with Crippen molar-refractivity contribution in [2.24, 2.45) is 0 Å². The number of benzene rings is 2. The van der Waals surface area contributed by atoms with E-state index in [9.17, 15) is 9.00 Å². The van der Waals surface area contributed by atoms with Crippen LogP contribution in [0.15, 0.2) is 59.5 Å². The molecule has 4 heteroatoms. The van der Waals surface area contributed by atoms with Crippen LogP contribution in [-0.2, 0) is 10.8 Å². The fourth-order valence-electron chi connectivity index (χ4n) is 1.83. The van der Waals surface area contributed by atoms with E-state index in [1.807, 2.05) is 31.2 Å². The highest BCUT2D eigenvalue weighted by atomic mass is 32.2. The Morgan fingerprint density at radius 2 is 1.70 bits per heavy atom. The lowest BCUT2D eigenvalue weighted by molar-refractivity contribution is 0.101. The van der Waals surface area contributed by atoms with Gasteiger partial charge < -0.3 is 4.74 Å². The third kappa shape index (κ3) is 3.54. The number of Topliss-reactive ketones (excluding diaryl/α,β-unsaturated/α-hetero) is 1. The van der Waals surface area contributed by atoms with E-state index >= 15 is 0 Å². The molecule has 1 atom stereocenters. The van der Waals surface area contributed by atoms with Gasteiger partial charge in [0.25, 0.3) is 0 Å². The molecule has 2 aromatic rings. The molecule has 0 spiro atoms. The Balaban J connectivity index is 2.15. The third-order valence-corrected chi connectivity index (χ3v) is 4.08. The lowest BCUT2D eigenvalue weighted by Gasteiger charge is -2.09. The second-order valence-corrected chi connectivity index (χ2v) is 5.61. The molecule has 20 heavy (non-hydrogen) atoms. The number of hydrogen-bond acceptors (Lipinski definition) is 3. The first kappa shape index (κ1) is 14.5. The van der Waals surface area contributed by atoms with Gasteiger partial charge in [-0.05, 0) is 31.2 Å². The highest BCUT2D eigenvalue weighted by Crippen LogP contribution is 2.19. The van der Waals surface area contributed by atoms with Gasteiger partial charge in [0.05, 0.1) is 28.7 Å². The summed E-state index contributed by atoms with van der Waals surface area (Å²) in [4.78, 5) is 12.9. The Kier molecular flexibility index (Phi) is 5.07. The topological polar surface area (TPSA) is 43.4 Å². The van der Waals surface area contributed by atoms with Crippen LogP contribution >= 0.6 is 0 Å². The van der Waals surface area contributed by atoms with Gasteiger partial charge in [-0.3, -0.25) is 9.00 Å². The average Bonchev–Trinajstić information content (AvgIpc) is 2.49. The van der Waals surface area contributed by atoms with Gasteiger partial charge in [-0.25, -0.2) is 0 Å². The summed E-state index contributed by atoms with van der Waals surface area (Å²) >= 11 is 0. The van der Waals surface area contributed by atoms with Crippen LogP contribution in [0.2, 0.25) is 0 Å². The Bertz CT molecular complexity index is 608. The largest absolute Gasteiger partial charge is 0.493 e. The monoisotopic (exact) mass is 288 g/mol. The van der Waals surface area contributed by atoms with Gasteiger partial charge in [0.15, 0.2) is 5.78 Å². The van der Waals surface area contributed by atoms with Gasteiger partial charge in [-0.2, -0.15) is 0 Å². The smallest absolute Gasteiger partial charge is 0.179 e. The summed E-state index contributed by atoms with van der Waals surface area (Å²) in [7, 11) is -1.33. The number of para-hydroxylation sites is 1. The van der Waals surface area contributed by atoms with Crippen LogP contribution in [0.5, 0.6) is 5.75 Å². The molecule has 2 rings (SSSR count). The second kappa shape index (κ2) is 7.01. The minimum atomic E-state index is -1.33. The molecular formula is C16H16O3S. The average molecular weight is 288 g/mol. The summed E-state index contributed by atoms with van der Waals surface area (Å²) < 4.78 is 17.6. The van der Waals surface area contributed by atoms with Crippen molar-refractivity contribution < 1.29 is 13.7 Å². The third-order valence-electron chi connectivity index (χ3n) is 2.76. The van der Waals surface area contributed by atoms with Crippen molar-refractivity contribution in [2.75, 3.05) is 12.4 Å². The van der Waals surface area contributed by atoms with Crippen molar-refractivity contribution in [3.63, 3.8) is 0 Å². The summed E-state index contributed by atoms with van der Waals surface area (Å²) in [5.74, 6) is 0.343. The molecule has 0 fully saturated rings. The molecule has 0 radical (unpaired) electrons. The molecule has 0 aliphatic rings. The first-order valence-electron chi connectivity index (χ1n) is 6.41. The van der Waals surface area contributed by atoms with Gasteiger partial charge >= 0.3 is 0 Å². The first-order valence-corrected chi connectivity index (χ1v) is 7.72. The second-order valence-electron chi connectivity index (χ2n) is 4.16. The molecule has 0 amide bonds. The van der Waals surface area contributed by atoms with Crippen molar-refractivity contribution in [2.45, 2.75) is 11.8 Å². The van der Waals surface area contributed by atoms with Crippen molar-refractivity contribution >= 4 is 16.6 Å². The Morgan fingerprint density at radius 3 is 2.40 bits per heavy atom. The van der Waals surface area contributed by atoms with E-state index in [0.717, 1.165) is 0 Å². The summed E-state index contributed by atoms with van der Waals surface area (Å²) in [6, 6.07) is 16.1. The Labute approximate surface area is 121 Å². The van der Waals surface area contributed by atoms with Gasteiger partial charge in [0.1, 0.15) is 5.75 Å². The number of rotatable bonds is 6. The first-order chi connectivity index (χ1) is 9.72. The lowest BCUT2D eigenvalue weighted by Crippen LogP contribution is -2.12. The molecule has 1 unspecified atom stereocenters. The SMILES string of the molecule is CCOc1ccccc1C(=O)CS(=O)c1ccccc1. The van der Waals surface area contributed by atoms with Crippen molar-refractivity contribution in [1.29, 1.82) is 0 Å². The maximum Gasteiger partial charge on any atom is 0.179 e. The highest BCUT2D eigenvalue weighted by Gasteiger charge is 2.15. The quantitative estimate of drug-likeness (QED) is 0.767. The predicted octanol–water partition coefficient (Wildman–Crippen LogP) is 3.08. The van der Waals surface area contributed by atoms with Gasteiger partial charge in [-0.1, -0.05) is 30.3 Å². The number of carbonyl (C=O) groups excluding carboxylic acids is 1. The van der Waals surface area contributed by atoms with E-state index in [4.69, 9.17) is 4.74 Å². The van der Waals surface area contributed by atoms with E-state index in [1.54, 1.807) is 30.3 Å². The fourth-order valence-corrected chi connectivity index (χ4v) is 2.85. The normalized spacial score (nSPS) is 11.8. The van der Waals surface area contributed by atoms with Crippen LogP contribution in [0.4, 0.5) is 0 Å². The number of ether oxygens (including phenoxy) is 1. The van der Waals surface area contributed by atoms with Crippen molar-refractivity contribution in [3.8, 4) is 5.75 Å². The van der Waals surface area contributed by atoms with E-state index in [2.05, 4.69) is 0 Å². The zero-order valence-electron chi connectivity index (χ0n) is 11.2. The van der Waals surface area contributed by atoms with Crippen LogP contribution in [0, 0.1) is 0 Å². The summed E-state index contributed by atoms with van der Waals surface area (Å²) in [6.45, 7) is 2.36. The van der Waals surface area contributed by atoms with Crippen LogP contribution in [0.25, 0.3) is 0 Å². The van der Waals surface area contributed by atoms with E-state index in [1.165, 1.54) is 0 Å². The number of carbonyl (C=O) groups is 1. The summed E-state index contributed by atoms with van der Waals surface area (Å²) in [5.41, 5.74) is 0.485. The standard InChI is InChI=1S/C16H16O3S/c1-2-19-16-11-7-6-10-14(16)15(17)12-20(18)13-8-4-3-5-9-13/h3-11H,2,12H2,1H3. The fraction of sp³-hybridized carbons (Fsp3) is 0.188. The van der Waals surface area contributed by atoms with Gasteiger partial charge in [0, 0.05) is 4.90 Å². The minimum Gasteiger partial charge on any atom is -0.493 e. The lowest BCUT2D eigenvalue weighted by atomic mass is 10.1. The minimum absolute atomic E-state index is 0.0336. The molecule has 0 aliphatic carbocycles. The van der Waals surface area contributed by atoms with Crippen molar-refractivity contribution in [3.05, 3.63) is 60.2 Å². The molecule has 104 valence electrons. The van der Waals surface area contributed by atoms with E-state index in [-0.39, 0.29) is 11.5 Å². The number of ketones is 1. The molecule has 0 bridgehead atoms. The van der Waals surface area contributed by atoms with Crippen LogP contribution in [0.1, 0.15) is 17.3 Å². The van der Waals surface area contributed by atoms with E-state index in [0.29, 0.717) is 22.8 Å². The molecule has 0 aromatic heterocycles. The molecule has 0 saturated carbocycles. The molecular weight excluding hydrogens is 272 g/mol. The maximum atomic E-state index is 12.3. The van der Waals surface area contributed by atoms with Gasteiger partial charge in [0.2, 0.25) is 0 Å². The van der Waals surface area contributed by atoms with Crippen LogP contribution < -0.4 is 4.74 Å². The summed E-state index contributed by atoms with van der Waals surface area (Å²) in [6.07, 6.45) is 0. The Hall–Kier alpha value is -1.94. The summed E-state index contributed by atoms with van der Waals surface area (Å²) in [5, 5.41) is 0. The zero-order chi connectivity index (χ0) is 14.4. The Morgan fingerprint density at radius 1 is 1.05 bits per heavy atom. The van der Waals surface area contributed by atoms with E-state index < -0.39 is 10.8 Å². The maximum absolute atomic E-state index is 12.3. The van der Waals surface area contributed by atoms with Gasteiger partial charge in [-0.15, -0.1) is 0 Å². The number of hydrogen-bond donors (Lipinski definition) is 0.